The van der Waals surface area contributed by atoms with Crippen LogP contribution < -0.4 is 20.8 Å². The molecule has 2 saturated heterocycles. The van der Waals surface area contributed by atoms with Crippen LogP contribution >= 0.6 is 7.14 Å². The fourth-order valence-electron chi connectivity index (χ4n) is 6.54. The monoisotopic (exact) mass is 625 g/mol. The van der Waals surface area contributed by atoms with E-state index in [1.165, 1.54) is 50.3 Å². The standard InChI is InChI=1S/C34H44N9OP/c1-6-24-22-26(8-11-30(24)43-16-12-27(13-17-43)42-20-18-41(3)19-21-42)38-34-37-23-25(7-2)33(40-34)39-29-10-9-28-31(36-15-14-35-28)32(29)45(4,5)44/h7-11,14-15,22-23,27H,2,6,12-13,16-21H2,1,3-5H3,(H2,37,38,39,40). The first-order valence-electron chi connectivity index (χ1n) is 15.9. The maximum Gasteiger partial charge on any atom is 0.229 e. The van der Waals surface area contributed by atoms with E-state index in [4.69, 9.17) is 4.98 Å². The first-order valence-corrected chi connectivity index (χ1v) is 18.5. The first kappa shape index (κ1) is 31.1. The number of piperidine rings is 1. The average molecular weight is 626 g/mol. The van der Waals surface area contributed by atoms with E-state index in [1.54, 1.807) is 38.0 Å². The molecule has 0 amide bonds. The number of aromatic nitrogens is 4. The van der Waals surface area contributed by atoms with E-state index in [9.17, 15) is 4.57 Å². The molecule has 2 fully saturated rings. The van der Waals surface area contributed by atoms with Crippen molar-refractivity contribution < 1.29 is 4.57 Å². The molecule has 0 unspecified atom stereocenters. The lowest BCUT2D eigenvalue weighted by molar-refractivity contribution is 0.0982. The molecule has 2 N–H and O–H groups in total. The Kier molecular flexibility index (Phi) is 9.17. The highest BCUT2D eigenvalue weighted by Crippen LogP contribution is 2.41. The summed E-state index contributed by atoms with van der Waals surface area (Å²) >= 11 is 0. The van der Waals surface area contributed by atoms with Crippen LogP contribution in [0.4, 0.5) is 28.8 Å². The molecule has 2 aliphatic heterocycles. The van der Waals surface area contributed by atoms with E-state index in [0.29, 0.717) is 39.8 Å². The van der Waals surface area contributed by atoms with Gasteiger partial charge in [0.15, 0.2) is 0 Å². The van der Waals surface area contributed by atoms with Crippen molar-refractivity contribution in [3.8, 4) is 0 Å². The molecule has 0 saturated carbocycles. The summed E-state index contributed by atoms with van der Waals surface area (Å²) in [6, 6.07) is 11.0. The van der Waals surface area contributed by atoms with Crippen LogP contribution in [0.25, 0.3) is 17.1 Å². The van der Waals surface area contributed by atoms with Gasteiger partial charge < -0.3 is 25.0 Å². The molecule has 2 aromatic carbocycles. The Labute approximate surface area is 266 Å². The Bertz CT molecular complexity index is 1720. The van der Waals surface area contributed by atoms with E-state index >= 15 is 0 Å². The van der Waals surface area contributed by atoms with E-state index in [2.05, 4.69) is 79.0 Å². The van der Waals surface area contributed by atoms with Gasteiger partial charge in [0, 0.05) is 80.8 Å². The zero-order valence-electron chi connectivity index (χ0n) is 26.8. The molecule has 4 heterocycles. The zero-order chi connectivity index (χ0) is 31.6. The summed E-state index contributed by atoms with van der Waals surface area (Å²) in [5, 5.41) is 7.46. The van der Waals surface area contributed by atoms with Crippen LogP contribution in [0.2, 0.25) is 0 Å². The number of hydrogen-bond acceptors (Lipinski definition) is 10. The Morgan fingerprint density at radius 1 is 0.978 bits per heavy atom. The number of nitrogens with zero attached hydrogens (tertiary/aromatic N) is 7. The first-order chi connectivity index (χ1) is 21.7. The molecule has 4 aromatic rings. The van der Waals surface area contributed by atoms with Crippen molar-refractivity contribution in [3.63, 3.8) is 0 Å². The number of hydrogen-bond donors (Lipinski definition) is 2. The fraction of sp³-hybridized carbons (Fsp3) is 0.412. The van der Waals surface area contributed by atoms with Crippen molar-refractivity contribution in [1.82, 2.24) is 29.7 Å². The Hall–Kier alpha value is -3.85. The minimum Gasteiger partial charge on any atom is -0.371 e. The third-order valence-electron chi connectivity index (χ3n) is 9.02. The smallest absolute Gasteiger partial charge is 0.229 e. The molecule has 0 spiro atoms. The maximum atomic E-state index is 13.4. The predicted octanol–water partition coefficient (Wildman–Crippen LogP) is 5.58. The third kappa shape index (κ3) is 6.88. The van der Waals surface area contributed by atoms with E-state index in [0.717, 1.165) is 30.8 Å². The van der Waals surface area contributed by atoms with Gasteiger partial charge in [-0.1, -0.05) is 19.6 Å². The Balaban J connectivity index is 1.20. The molecule has 0 bridgehead atoms. The largest absolute Gasteiger partial charge is 0.371 e. The predicted molar refractivity (Wildman–Crippen MR) is 187 cm³/mol. The lowest BCUT2D eigenvalue weighted by Crippen LogP contribution is -2.52. The van der Waals surface area contributed by atoms with Crippen LogP contribution in [0.1, 0.15) is 30.9 Å². The molecular formula is C34H44N9OP. The van der Waals surface area contributed by atoms with Gasteiger partial charge in [0.05, 0.1) is 16.5 Å². The lowest BCUT2D eigenvalue weighted by Gasteiger charge is -2.43. The second-order valence-electron chi connectivity index (χ2n) is 12.4. The van der Waals surface area contributed by atoms with Gasteiger partial charge in [0.2, 0.25) is 5.95 Å². The second kappa shape index (κ2) is 13.3. The van der Waals surface area contributed by atoms with Gasteiger partial charge >= 0.3 is 0 Å². The van der Waals surface area contributed by atoms with Gasteiger partial charge in [-0.2, -0.15) is 4.98 Å². The van der Waals surface area contributed by atoms with Gasteiger partial charge in [0.1, 0.15) is 18.5 Å². The number of aryl methyl sites for hydroxylation is 1. The number of anilines is 5. The Morgan fingerprint density at radius 2 is 1.73 bits per heavy atom. The molecule has 0 aliphatic carbocycles. The molecule has 45 heavy (non-hydrogen) atoms. The molecule has 10 nitrogen and oxygen atoms in total. The third-order valence-corrected chi connectivity index (χ3v) is 10.5. The molecule has 2 aromatic heterocycles. The summed E-state index contributed by atoms with van der Waals surface area (Å²) in [6.07, 6.45) is 10.1. The molecule has 2 aliphatic rings. The van der Waals surface area contributed by atoms with Crippen molar-refractivity contribution in [1.29, 1.82) is 0 Å². The normalized spacial score (nSPS) is 17.0. The Morgan fingerprint density at radius 3 is 2.44 bits per heavy atom. The number of rotatable bonds is 9. The molecular weight excluding hydrogens is 581 g/mol. The van der Waals surface area contributed by atoms with Gasteiger partial charge in [-0.3, -0.25) is 14.9 Å². The summed E-state index contributed by atoms with van der Waals surface area (Å²) in [6.45, 7) is 16.5. The van der Waals surface area contributed by atoms with Crippen LogP contribution in [0.5, 0.6) is 0 Å². The summed E-state index contributed by atoms with van der Waals surface area (Å²) in [5.74, 6) is 1.03. The van der Waals surface area contributed by atoms with Crippen molar-refractivity contribution in [3.05, 3.63) is 66.6 Å². The summed E-state index contributed by atoms with van der Waals surface area (Å²) in [5.41, 5.74) is 6.30. The number of fused-ring (bicyclic) bond motifs is 1. The zero-order valence-corrected chi connectivity index (χ0v) is 27.7. The van der Waals surface area contributed by atoms with Crippen molar-refractivity contribution in [2.24, 2.45) is 0 Å². The van der Waals surface area contributed by atoms with Crippen LogP contribution in [0.3, 0.4) is 0 Å². The van der Waals surface area contributed by atoms with Gasteiger partial charge in [-0.25, -0.2) is 4.98 Å². The average Bonchev–Trinajstić information content (AvgIpc) is 3.04. The van der Waals surface area contributed by atoms with Crippen LogP contribution in [0, 0.1) is 0 Å². The molecule has 11 heteroatoms. The number of piperazine rings is 1. The highest BCUT2D eigenvalue weighted by molar-refractivity contribution is 7.71. The fourth-order valence-corrected chi connectivity index (χ4v) is 7.93. The highest BCUT2D eigenvalue weighted by Gasteiger charge is 2.27. The molecule has 0 atom stereocenters. The number of likely N-dealkylation sites (N-methyl/N-ethyl adjacent to an activating group) is 1. The second-order valence-corrected chi connectivity index (χ2v) is 15.6. The SMILES string of the molecule is C=Cc1cnc(Nc2ccc(N3CCC(N4CCN(C)CC4)CC3)c(CC)c2)nc1Nc1ccc2nccnc2c1P(C)(C)=O. The number of nitrogens with one attached hydrogen (secondary N) is 2. The summed E-state index contributed by atoms with van der Waals surface area (Å²) < 4.78 is 13.4. The lowest BCUT2D eigenvalue weighted by atomic mass is 10.00. The van der Waals surface area contributed by atoms with Crippen molar-refractivity contribution >= 4 is 58.4 Å². The maximum absolute atomic E-state index is 13.4. The van der Waals surface area contributed by atoms with E-state index in [-0.39, 0.29) is 0 Å². The molecule has 0 radical (unpaired) electrons. The van der Waals surface area contributed by atoms with E-state index < -0.39 is 7.14 Å². The summed E-state index contributed by atoms with van der Waals surface area (Å²) in [4.78, 5) is 26.0. The topological polar surface area (TPSA) is 102 Å². The van der Waals surface area contributed by atoms with Gasteiger partial charge in [-0.15, -0.1) is 0 Å². The van der Waals surface area contributed by atoms with Gasteiger partial charge in [-0.05, 0) is 75.5 Å². The molecule has 236 valence electrons. The molecule has 6 rings (SSSR count). The van der Waals surface area contributed by atoms with Crippen molar-refractivity contribution in [2.75, 3.05) is 75.2 Å². The summed E-state index contributed by atoms with van der Waals surface area (Å²) in [7, 11) is -0.505. The minimum absolute atomic E-state index is 0.462. The van der Waals surface area contributed by atoms with Crippen LogP contribution in [-0.2, 0) is 11.0 Å². The minimum atomic E-state index is -2.73. The van der Waals surface area contributed by atoms with Gasteiger partial charge in [0.25, 0.3) is 0 Å². The number of benzene rings is 2. The van der Waals surface area contributed by atoms with E-state index in [1.807, 2.05) is 12.1 Å². The van der Waals surface area contributed by atoms with Crippen LogP contribution in [-0.4, -0.2) is 95.4 Å². The van der Waals surface area contributed by atoms with Crippen molar-refractivity contribution in [2.45, 2.75) is 32.2 Å². The quantitative estimate of drug-likeness (QED) is 0.229. The van der Waals surface area contributed by atoms with Crippen LogP contribution in [0.15, 0.2) is 55.5 Å². The highest BCUT2D eigenvalue weighted by atomic mass is 31.2.